The zero-order valence-corrected chi connectivity index (χ0v) is 14.5. The Kier molecular flexibility index (Phi) is 4.43. The SMILES string of the molecule is CC1=Nc2c(SC(F)C(C)(C)O)ccc(C3=CCCC=N3)c2C1. The van der Waals surface area contributed by atoms with E-state index in [1.165, 1.54) is 13.8 Å². The number of aliphatic imine (C=N–C) groups is 2. The predicted molar refractivity (Wildman–Crippen MR) is 95.7 cm³/mol. The highest BCUT2D eigenvalue weighted by Gasteiger charge is 2.30. The molecule has 5 heteroatoms. The average molecular weight is 332 g/mol. The molecule has 3 rings (SSSR count). The van der Waals surface area contributed by atoms with Crippen molar-refractivity contribution in [3.63, 3.8) is 0 Å². The van der Waals surface area contributed by atoms with Gasteiger partial charge in [-0.1, -0.05) is 23.9 Å². The number of benzene rings is 1. The summed E-state index contributed by atoms with van der Waals surface area (Å²) < 4.78 is 14.2. The summed E-state index contributed by atoms with van der Waals surface area (Å²) in [5.74, 6) is 0. The van der Waals surface area contributed by atoms with Crippen molar-refractivity contribution in [1.82, 2.24) is 0 Å². The minimum atomic E-state index is -1.40. The van der Waals surface area contributed by atoms with Crippen molar-refractivity contribution >= 4 is 35.1 Å². The quantitative estimate of drug-likeness (QED) is 0.812. The van der Waals surface area contributed by atoms with Crippen molar-refractivity contribution < 1.29 is 9.50 Å². The monoisotopic (exact) mass is 332 g/mol. The van der Waals surface area contributed by atoms with E-state index in [-0.39, 0.29) is 0 Å². The van der Waals surface area contributed by atoms with Gasteiger partial charge in [-0.15, -0.1) is 0 Å². The summed E-state index contributed by atoms with van der Waals surface area (Å²) >= 11 is 1.03. The van der Waals surface area contributed by atoms with Crippen molar-refractivity contribution in [2.75, 3.05) is 0 Å². The fourth-order valence-electron chi connectivity index (χ4n) is 2.68. The van der Waals surface area contributed by atoms with Gasteiger partial charge < -0.3 is 5.11 Å². The highest BCUT2D eigenvalue weighted by atomic mass is 32.2. The number of halogens is 1. The van der Waals surface area contributed by atoms with Gasteiger partial charge in [0.1, 0.15) is 0 Å². The van der Waals surface area contributed by atoms with E-state index in [4.69, 9.17) is 0 Å². The molecule has 2 heterocycles. The summed E-state index contributed by atoms with van der Waals surface area (Å²) in [7, 11) is 0. The first-order valence-corrected chi connectivity index (χ1v) is 8.70. The number of allylic oxidation sites excluding steroid dienone is 1. The van der Waals surface area contributed by atoms with Gasteiger partial charge >= 0.3 is 0 Å². The molecule has 23 heavy (non-hydrogen) atoms. The summed E-state index contributed by atoms with van der Waals surface area (Å²) in [6.07, 6.45) is 6.83. The number of hydrogen-bond acceptors (Lipinski definition) is 4. The Labute approximate surface area is 140 Å². The van der Waals surface area contributed by atoms with Crippen molar-refractivity contribution in [2.45, 2.75) is 56.0 Å². The summed E-state index contributed by atoms with van der Waals surface area (Å²) in [5.41, 5.74) is 2.24. The summed E-state index contributed by atoms with van der Waals surface area (Å²) in [4.78, 5) is 9.88. The van der Waals surface area contributed by atoms with Gasteiger partial charge in [-0.25, -0.2) is 4.39 Å². The molecule has 0 aromatic heterocycles. The molecule has 3 nitrogen and oxygen atoms in total. The van der Waals surface area contributed by atoms with E-state index in [0.717, 1.165) is 64.1 Å². The molecule has 0 radical (unpaired) electrons. The maximum absolute atomic E-state index is 14.2. The van der Waals surface area contributed by atoms with Crippen LogP contribution in [0, 0.1) is 0 Å². The van der Waals surface area contributed by atoms with Crippen LogP contribution in [0.2, 0.25) is 0 Å². The predicted octanol–water partition coefficient (Wildman–Crippen LogP) is 4.70. The number of rotatable bonds is 4. The summed E-state index contributed by atoms with van der Waals surface area (Å²) in [6.45, 7) is 4.95. The van der Waals surface area contributed by atoms with Crippen LogP contribution in [0.15, 0.2) is 33.1 Å². The Morgan fingerprint density at radius 1 is 1.30 bits per heavy atom. The van der Waals surface area contributed by atoms with Crippen LogP contribution in [0.4, 0.5) is 10.1 Å². The Morgan fingerprint density at radius 2 is 2.09 bits per heavy atom. The Morgan fingerprint density at radius 3 is 2.74 bits per heavy atom. The van der Waals surface area contributed by atoms with Crippen molar-refractivity contribution in [3.05, 3.63) is 29.3 Å². The molecule has 0 amide bonds. The van der Waals surface area contributed by atoms with Gasteiger partial charge in [0.2, 0.25) is 0 Å². The zero-order valence-electron chi connectivity index (χ0n) is 13.6. The van der Waals surface area contributed by atoms with Crippen LogP contribution in [0.5, 0.6) is 0 Å². The van der Waals surface area contributed by atoms with E-state index in [9.17, 15) is 9.50 Å². The smallest absolute Gasteiger partial charge is 0.178 e. The molecule has 0 aliphatic carbocycles. The zero-order chi connectivity index (χ0) is 16.6. The lowest BCUT2D eigenvalue weighted by atomic mass is 9.99. The third-order valence-corrected chi connectivity index (χ3v) is 5.27. The third-order valence-electron chi connectivity index (χ3n) is 3.91. The second-order valence-corrected chi connectivity index (χ2v) is 7.62. The number of fused-ring (bicyclic) bond motifs is 1. The van der Waals surface area contributed by atoms with Crippen LogP contribution in [-0.4, -0.2) is 28.1 Å². The van der Waals surface area contributed by atoms with Crippen LogP contribution < -0.4 is 0 Å². The minimum absolute atomic E-state index is 0.769. The lowest BCUT2D eigenvalue weighted by Gasteiger charge is -2.22. The first kappa shape index (κ1) is 16.4. The topological polar surface area (TPSA) is 45.0 Å². The van der Waals surface area contributed by atoms with Crippen molar-refractivity contribution in [3.8, 4) is 0 Å². The van der Waals surface area contributed by atoms with Crippen LogP contribution in [0.25, 0.3) is 5.70 Å². The number of nitrogens with zero attached hydrogens (tertiary/aromatic N) is 2. The highest BCUT2D eigenvalue weighted by molar-refractivity contribution is 8.00. The average Bonchev–Trinajstić information content (AvgIpc) is 2.89. The molecular formula is C18H21FN2OS. The second-order valence-electron chi connectivity index (χ2n) is 6.53. The van der Waals surface area contributed by atoms with E-state index in [2.05, 4.69) is 16.1 Å². The van der Waals surface area contributed by atoms with Crippen molar-refractivity contribution in [1.29, 1.82) is 0 Å². The molecule has 2 aliphatic rings. The maximum atomic E-state index is 14.2. The Bertz CT molecular complexity index is 716. The largest absolute Gasteiger partial charge is 0.387 e. The number of aliphatic hydroxyl groups is 1. The van der Waals surface area contributed by atoms with E-state index in [1.54, 1.807) is 0 Å². The third kappa shape index (κ3) is 3.40. The summed E-state index contributed by atoms with van der Waals surface area (Å²) in [5, 5.41) is 9.85. The Hall–Kier alpha value is -1.46. The number of thioether (sulfide) groups is 1. The van der Waals surface area contributed by atoms with Gasteiger partial charge in [-0.2, -0.15) is 0 Å². The molecule has 0 saturated heterocycles. The molecule has 0 spiro atoms. The molecule has 2 aliphatic heterocycles. The van der Waals surface area contributed by atoms with Gasteiger partial charge in [0.25, 0.3) is 0 Å². The van der Waals surface area contributed by atoms with Gasteiger partial charge in [0.05, 0.1) is 17.0 Å². The van der Waals surface area contributed by atoms with Crippen molar-refractivity contribution in [2.24, 2.45) is 9.98 Å². The Balaban J connectivity index is 1.99. The molecule has 1 N–H and O–H groups in total. The second kappa shape index (κ2) is 6.21. The number of hydrogen-bond donors (Lipinski definition) is 1. The molecular weight excluding hydrogens is 311 g/mol. The lowest BCUT2D eigenvalue weighted by Crippen LogP contribution is -2.29. The van der Waals surface area contributed by atoms with Crippen LogP contribution in [-0.2, 0) is 6.42 Å². The van der Waals surface area contributed by atoms with E-state index < -0.39 is 11.1 Å². The first-order valence-electron chi connectivity index (χ1n) is 7.82. The fourth-order valence-corrected chi connectivity index (χ4v) is 3.62. The molecule has 0 bridgehead atoms. The van der Waals surface area contributed by atoms with E-state index in [1.807, 2.05) is 25.3 Å². The molecule has 0 fully saturated rings. The van der Waals surface area contributed by atoms with Gasteiger partial charge in [0, 0.05) is 28.8 Å². The standard InChI is InChI=1S/C18H21FN2OS/c1-11-10-13-12(14-6-4-5-9-20-14)7-8-15(16(13)21-11)23-17(19)18(2,3)22/h6-9,17,22H,4-5,10H2,1-3H3. The normalized spacial score (nSPS) is 18.5. The van der Waals surface area contributed by atoms with E-state index >= 15 is 0 Å². The maximum Gasteiger partial charge on any atom is 0.178 e. The number of alkyl halides is 1. The van der Waals surface area contributed by atoms with Crippen LogP contribution >= 0.6 is 11.8 Å². The first-order chi connectivity index (χ1) is 10.9. The molecule has 122 valence electrons. The van der Waals surface area contributed by atoms with Crippen LogP contribution in [0.3, 0.4) is 0 Å². The summed E-state index contributed by atoms with van der Waals surface area (Å²) in [6, 6.07) is 3.89. The van der Waals surface area contributed by atoms with Crippen LogP contribution in [0.1, 0.15) is 44.7 Å². The fraction of sp³-hybridized carbons (Fsp3) is 0.444. The van der Waals surface area contributed by atoms with Gasteiger partial charge in [-0.05, 0) is 45.2 Å². The van der Waals surface area contributed by atoms with Gasteiger partial charge in [-0.3, -0.25) is 9.98 Å². The molecule has 1 unspecified atom stereocenters. The molecule has 1 atom stereocenters. The molecule has 1 aromatic carbocycles. The minimum Gasteiger partial charge on any atom is -0.387 e. The lowest BCUT2D eigenvalue weighted by molar-refractivity contribution is 0.0365. The van der Waals surface area contributed by atoms with E-state index in [0.29, 0.717) is 0 Å². The van der Waals surface area contributed by atoms with Gasteiger partial charge in [0.15, 0.2) is 5.50 Å². The molecule has 1 aromatic rings. The molecule has 0 saturated carbocycles. The highest BCUT2D eigenvalue weighted by Crippen LogP contribution is 2.44.